The van der Waals surface area contributed by atoms with Gasteiger partial charge in [0.2, 0.25) is 0 Å². The van der Waals surface area contributed by atoms with Gasteiger partial charge in [0.15, 0.2) is 11.5 Å². The number of ether oxygens (including phenoxy) is 2. The number of anilines is 1. The number of nitrogens with zero attached hydrogens (tertiary/aromatic N) is 3. The quantitative estimate of drug-likeness (QED) is 0.833. The second-order valence-corrected chi connectivity index (χ2v) is 5.44. The molecule has 1 amide bonds. The van der Waals surface area contributed by atoms with Gasteiger partial charge in [0.25, 0.3) is 5.91 Å². The highest BCUT2D eigenvalue weighted by atomic mass is 16.5. The van der Waals surface area contributed by atoms with Crippen molar-refractivity contribution in [3.8, 4) is 11.5 Å². The van der Waals surface area contributed by atoms with Gasteiger partial charge >= 0.3 is 0 Å². The van der Waals surface area contributed by atoms with Gasteiger partial charge in [-0.15, -0.1) is 0 Å². The molecule has 0 aliphatic carbocycles. The van der Waals surface area contributed by atoms with Crippen molar-refractivity contribution in [1.29, 1.82) is 0 Å². The van der Waals surface area contributed by atoms with Gasteiger partial charge in [-0.3, -0.25) is 4.79 Å². The minimum Gasteiger partial charge on any atom is -0.493 e. The molecule has 0 aliphatic heterocycles. The van der Waals surface area contributed by atoms with Crippen LogP contribution in [0.1, 0.15) is 17.4 Å². The number of rotatable bonds is 7. The second kappa shape index (κ2) is 8.14. The van der Waals surface area contributed by atoms with E-state index in [0.717, 1.165) is 0 Å². The van der Waals surface area contributed by atoms with Crippen molar-refractivity contribution in [2.45, 2.75) is 13.0 Å². The zero-order chi connectivity index (χ0) is 17.5. The number of hydrogen-bond acceptors (Lipinski definition) is 6. The van der Waals surface area contributed by atoms with E-state index in [1.165, 1.54) is 6.20 Å². The van der Waals surface area contributed by atoms with Crippen molar-refractivity contribution in [2.24, 2.45) is 0 Å². The summed E-state index contributed by atoms with van der Waals surface area (Å²) in [6.45, 7) is 2.21. The van der Waals surface area contributed by atoms with E-state index in [4.69, 9.17) is 9.47 Å². The van der Waals surface area contributed by atoms with Crippen LogP contribution in [-0.4, -0.2) is 49.7 Å². The standard InChI is InChI=1S/C17H22N4O3/c1-12(24-15-8-6-5-7-14(15)23-4)9-20-17(22)13-10-19-16(11-18-13)21(2)3/h5-8,10-12H,9H2,1-4H3,(H,20,22)/t12-/m1/s1. The fraction of sp³-hybridized carbons (Fsp3) is 0.353. The predicted octanol–water partition coefficient (Wildman–Crippen LogP) is 1.75. The number of methoxy groups -OCH3 is 1. The largest absolute Gasteiger partial charge is 0.493 e. The number of hydrogen-bond donors (Lipinski definition) is 1. The number of nitrogens with one attached hydrogen (secondary N) is 1. The highest BCUT2D eigenvalue weighted by Crippen LogP contribution is 2.26. The van der Waals surface area contributed by atoms with Crippen molar-refractivity contribution in [3.63, 3.8) is 0 Å². The second-order valence-electron chi connectivity index (χ2n) is 5.44. The summed E-state index contributed by atoms with van der Waals surface area (Å²) in [7, 11) is 5.31. The highest BCUT2D eigenvalue weighted by molar-refractivity contribution is 5.92. The zero-order valence-corrected chi connectivity index (χ0v) is 14.3. The molecule has 2 aromatic rings. The topological polar surface area (TPSA) is 76.6 Å². The van der Waals surface area contributed by atoms with Crippen molar-refractivity contribution in [2.75, 3.05) is 32.6 Å². The summed E-state index contributed by atoms with van der Waals surface area (Å²) in [5.74, 6) is 1.69. The lowest BCUT2D eigenvalue weighted by molar-refractivity contribution is 0.0926. The molecule has 0 radical (unpaired) electrons. The number of amides is 1. The van der Waals surface area contributed by atoms with Gasteiger partial charge in [-0.2, -0.15) is 0 Å². The zero-order valence-electron chi connectivity index (χ0n) is 14.3. The summed E-state index contributed by atoms with van der Waals surface area (Å²) < 4.78 is 11.0. The number of aromatic nitrogens is 2. The van der Waals surface area contributed by atoms with E-state index < -0.39 is 0 Å². The summed E-state index contributed by atoms with van der Waals surface area (Å²) in [5, 5.41) is 2.78. The third-order valence-electron chi connectivity index (χ3n) is 3.28. The molecule has 1 atom stereocenters. The summed E-state index contributed by atoms with van der Waals surface area (Å²) in [4.78, 5) is 22.2. The van der Waals surface area contributed by atoms with E-state index in [9.17, 15) is 4.79 Å². The van der Waals surface area contributed by atoms with Gasteiger partial charge in [0.05, 0.1) is 26.0 Å². The SMILES string of the molecule is COc1ccccc1O[C@H](C)CNC(=O)c1cnc(N(C)C)cn1. The van der Waals surface area contributed by atoms with Gasteiger partial charge in [0.1, 0.15) is 17.6 Å². The highest BCUT2D eigenvalue weighted by Gasteiger charge is 2.12. The number of carbonyl (C=O) groups is 1. The molecule has 1 aromatic carbocycles. The molecular weight excluding hydrogens is 308 g/mol. The minimum atomic E-state index is -0.289. The molecule has 0 saturated carbocycles. The van der Waals surface area contributed by atoms with Crippen molar-refractivity contribution in [3.05, 3.63) is 42.4 Å². The normalized spacial score (nSPS) is 11.5. The summed E-state index contributed by atoms with van der Waals surface area (Å²) >= 11 is 0. The average molecular weight is 330 g/mol. The van der Waals surface area contributed by atoms with Crippen LogP contribution in [0.2, 0.25) is 0 Å². The van der Waals surface area contributed by atoms with Gasteiger partial charge in [0, 0.05) is 14.1 Å². The van der Waals surface area contributed by atoms with Crippen LogP contribution >= 0.6 is 0 Å². The van der Waals surface area contributed by atoms with E-state index in [0.29, 0.717) is 23.9 Å². The van der Waals surface area contributed by atoms with Crippen LogP contribution in [-0.2, 0) is 0 Å². The molecule has 7 heteroatoms. The molecule has 24 heavy (non-hydrogen) atoms. The van der Waals surface area contributed by atoms with Crippen LogP contribution < -0.4 is 19.7 Å². The maximum atomic E-state index is 12.1. The minimum absolute atomic E-state index is 0.223. The number of carbonyl (C=O) groups excluding carboxylic acids is 1. The average Bonchev–Trinajstić information content (AvgIpc) is 2.60. The third kappa shape index (κ3) is 4.58. The summed E-state index contributed by atoms with van der Waals surface area (Å²) in [6.07, 6.45) is 2.79. The Bertz CT molecular complexity index is 674. The van der Waals surface area contributed by atoms with E-state index >= 15 is 0 Å². The molecule has 2 rings (SSSR count). The van der Waals surface area contributed by atoms with Crippen molar-refractivity contribution < 1.29 is 14.3 Å². The Balaban J connectivity index is 1.89. The Hall–Kier alpha value is -2.83. The first-order chi connectivity index (χ1) is 11.5. The van der Waals surface area contributed by atoms with E-state index in [-0.39, 0.29) is 17.7 Å². The third-order valence-corrected chi connectivity index (χ3v) is 3.28. The molecule has 1 aromatic heterocycles. The van der Waals surface area contributed by atoms with Crippen LogP contribution in [0.25, 0.3) is 0 Å². The van der Waals surface area contributed by atoms with Gasteiger partial charge in [-0.05, 0) is 19.1 Å². The van der Waals surface area contributed by atoms with Crippen LogP contribution in [0.15, 0.2) is 36.7 Å². The van der Waals surface area contributed by atoms with E-state index in [1.807, 2.05) is 50.2 Å². The molecule has 0 unspecified atom stereocenters. The fourth-order valence-corrected chi connectivity index (χ4v) is 1.97. The van der Waals surface area contributed by atoms with Crippen LogP contribution in [0.4, 0.5) is 5.82 Å². The predicted molar refractivity (Wildman–Crippen MR) is 91.8 cm³/mol. The van der Waals surface area contributed by atoms with Crippen molar-refractivity contribution >= 4 is 11.7 Å². The Morgan fingerprint density at radius 1 is 1.21 bits per heavy atom. The first-order valence-corrected chi connectivity index (χ1v) is 7.58. The number of para-hydroxylation sites is 2. The maximum absolute atomic E-state index is 12.1. The molecule has 0 spiro atoms. The molecule has 128 valence electrons. The lowest BCUT2D eigenvalue weighted by atomic mass is 10.3. The first kappa shape index (κ1) is 17.5. The fourth-order valence-electron chi connectivity index (χ4n) is 1.97. The molecule has 0 saturated heterocycles. The molecule has 0 bridgehead atoms. The van der Waals surface area contributed by atoms with Crippen LogP contribution in [0.3, 0.4) is 0 Å². The van der Waals surface area contributed by atoms with Crippen LogP contribution in [0.5, 0.6) is 11.5 Å². The van der Waals surface area contributed by atoms with Gasteiger partial charge in [-0.1, -0.05) is 12.1 Å². The molecule has 7 nitrogen and oxygen atoms in total. The summed E-state index contributed by atoms with van der Waals surface area (Å²) in [6, 6.07) is 7.38. The van der Waals surface area contributed by atoms with Crippen molar-refractivity contribution in [1.82, 2.24) is 15.3 Å². The Morgan fingerprint density at radius 2 is 1.92 bits per heavy atom. The molecule has 0 aliphatic rings. The van der Waals surface area contributed by atoms with Gasteiger partial charge in [-0.25, -0.2) is 9.97 Å². The Morgan fingerprint density at radius 3 is 2.50 bits per heavy atom. The Kier molecular flexibility index (Phi) is 5.95. The molecule has 1 heterocycles. The van der Waals surface area contributed by atoms with Gasteiger partial charge < -0.3 is 19.7 Å². The molecule has 0 fully saturated rings. The van der Waals surface area contributed by atoms with Crippen LogP contribution in [0, 0.1) is 0 Å². The Labute approximate surface area is 141 Å². The first-order valence-electron chi connectivity index (χ1n) is 7.58. The smallest absolute Gasteiger partial charge is 0.271 e. The lowest BCUT2D eigenvalue weighted by Gasteiger charge is -2.17. The van der Waals surface area contributed by atoms with E-state index in [1.54, 1.807) is 13.3 Å². The lowest BCUT2D eigenvalue weighted by Crippen LogP contribution is -2.34. The number of benzene rings is 1. The van der Waals surface area contributed by atoms with E-state index in [2.05, 4.69) is 15.3 Å². The summed E-state index contributed by atoms with van der Waals surface area (Å²) in [5.41, 5.74) is 0.269. The maximum Gasteiger partial charge on any atom is 0.271 e. The molecular formula is C17H22N4O3. The molecule has 1 N–H and O–H groups in total. The monoisotopic (exact) mass is 330 g/mol.